The number of aromatic nitrogens is 1. The Kier molecular flexibility index (Phi) is 4.66. The standard InChI is InChI=1S/C15H22N2O3S/c1-10(18)9-13-16-11-5-7-17(8-6-12(11)21-13)14(19)20-15(2,3)4/h5-9H2,1-4H3. The molecule has 0 bridgehead atoms. The van der Waals surface area contributed by atoms with E-state index in [9.17, 15) is 9.59 Å². The van der Waals surface area contributed by atoms with E-state index in [4.69, 9.17) is 4.74 Å². The molecule has 0 N–H and O–H groups in total. The van der Waals surface area contributed by atoms with Crippen molar-refractivity contribution in [2.45, 2.75) is 52.6 Å². The predicted octanol–water partition coefficient (Wildman–Crippen LogP) is 2.61. The quantitative estimate of drug-likeness (QED) is 0.842. The zero-order valence-electron chi connectivity index (χ0n) is 13.1. The Morgan fingerprint density at radius 1 is 1.29 bits per heavy atom. The Balaban J connectivity index is 2.00. The molecule has 1 aromatic rings. The average Bonchev–Trinajstić information content (AvgIpc) is 2.57. The van der Waals surface area contributed by atoms with Gasteiger partial charge in [0.15, 0.2) is 0 Å². The van der Waals surface area contributed by atoms with E-state index in [-0.39, 0.29) is 11.9 Å². The third kappa shape index (κ3) is 4.52. The van der Waals surface area contributed by atoms with Gasteiger partial charge in [-0.3, -0.25) is 4.79 Å². The molecule has 2 rings (SSSR count). The normalized spacial score (nSPS) is 15.3. The van der Waals surface area contributed by atoms with Crippen LogP contribution < -0.4 is 0 Å². The van der Waals surface area contributed by atoms with Gasteiger partial charge in [0, 0.05) is 30.8 Å². The fraction of sp³-hybridized carbons (Fsp3) is 0.667. The minimum absolute atomic E-state index is 0.134. The van der Waals surface area contributed by atoms with Gasteiger partial charge in [0.2, 0.25) is 0 Å². The van der Waals surface area contributed by atoms with Gasteiger partial charge in [0.25, 0.3) is 0 Å². The minimum Gasteiger partial charge on any atom is -0.444 e. The van der Waals surface area contributed by atoms with Crippen LogP contribution in [0.5, 0.6) is 0 Å². The van der Waals surface area contributed by atoms with E-state index in [1.807, 2.05) is 20.8 Å². The molecule has 0 aromatic carbocycles. The molecule has 21 heavy (non-hydrogen) atoms. The number of nitrogens with zero attached hydrogens (tertiary/aromatic N) is 2. The molecule has 1 aromatic heterocycles. The second-order valence-corrected chi connectivity index (χ2v) is 7.49. The SMILES string of the molecule is CC(=O)Cc1nc2c(s1)CCN(C(=O)OC(C)(C)C)CC2. The van der Waals surface area contributed by atoms with Crippen LogP contribution in [0.3, 0.4) is 0 Å². The molecule has 5 nitrogen and oxygen atoms in total. The third-order valence-corrected chi connectivity index (χ3v) is 4.26. The highest BCUT2D eigenvalue weighted by Gasteiger charge is 2.25. The zero-order valence-corrected chi connectivity index (χ0v) is 13.9. The summed E-state index contributed by atoms with van der Waals surface area (Å²) >= 11 is 1.59. The second kappa shape index (κ2) is 6.13. The molecule has 1 amide bonds. The van der Waals surface area contributed by atoms with Crippen molar-refractivity contribution in [3.8, 4) is 0 Å². The first-order valence-corrected chi connectivity index (χ1v) is 8.01. The summed E-state index contributed by atoms with van der Waals surface area (Å²) in [7, 11) is 0. The number of ether oxygens (including phenoxy) is 1. The van der Waals surface area contributed by atoms with Crippen LogP contribution in [0.1, 0.15) is 43.3 Å². The lowest BCUT2D eigenvalue weighted by atomic mass is 10.2. The predicted molar refractivity (Wildman–Crippen MR) is 81.7 cm³/mol. The van der Waals surface area contributed by atoms with Gasteiger partial charge in [-0.1, -0.05) is 0 Å². The van der Waals surface area contributed by atoms with Crippen LogP contribution in [0.25, 0.3) is 0 Å². The van der Waals surface area contributed by atoms with Crippen LogP contribution >= 0.6 is 11.3 Å². The first-order chi connectivity index (χ1) is 9.74. The summed E-state index contributed by atoms with van der Waals surface area (Å²) in [5.74, 6) is 0.134. The molecule has 0 atom stereocenters. The van der Waals surface area contributed by atoms with Crippen LogP contribution in [-0.4, -0.2) is 40.5 Å². The van der Waals surface area contributed by atoms with E-state index in [2.05, 4.69) is 4.98 Å². The summed E-state index contributed by atoms with van der Waals surface area (Å²) < 4.78 is 5.41. The Bertz CT molecular complexity index is 520. The largest absolute Gasteiger partial charge is 0.444 e. The summed E-state index contributed by atoms with van der Waals surface area (Å²) in [6, 6.07) is 0. The molecule has 2 heterocycles. The monoisotopic (exact) mass is 310 g/mol. The van der Waals surface area contributed by atoms with Crippen molar-refractivity contribution in [1.82, 2.24) is 9.88 Å². The van der Waals surface area contributed by atoms with Gasteiger partial charge >= 0.3 is 6.09 Å². The molecular weight excluding hydrogens is 288 g/mol. The van der Waals surface area contributed by atoms with Gasteiger partial charge in [-0.05, 0) is 27.7 Å². The highest BCUT2D eigenvalue weighted by Crippen LogP contribution is 2.24. The van der Waals surface area contributed by atoms with Crippen molar-refractivity contribution in [2.75, 3.05) is 13.1 Å². The van der Waals surface area contributed by atoms with E-state index < -0.39 is 5.60 Å². The molecule has 0 saturated carbocycles. The lowest BCUT2D eigenvalue weighted by Gasteiger charge is -2.26. The summed E-state index contributed by atoms with van der Waals surface area (Å²) in [5.41, 5.74) is 0.559. The topological polar surface area (TPSA) is 59.5 Å². The number of fused-ring (bicyclic) bond motifs is 1. The van der Waals surface area contributed by atoms with E-state index in [1.54, 1.807) is 23.2 Å². The first-order valence-electron chi connectivity index (χ1n) is 7.19. The molecule has 0 aliphatic carbocycles. The number of thiazole rings is 1. The Morgan fingerprint density at radius 2 is 1.95 bits per heavy atom. The molecule has 1 aliphatic heterocycles. The highest BCUT2D eigenvalue weighted by atomic mass is 32.1. The first kappa shape index (κ1) is 15.9. The number of carbonyl (C=O) groups excluding carboxylic acids is 2. The van der Waals surface area contributed by atoms with Gasteiger partial charge in [0.1, 0.15) is 16.4 Å². The Hall–Kier alpha value is -1.43. The van der Waals surface area contributed by atoms with Gasteiger partial charge in [-0.2, -0.15) is 0 Å². The Morgan fingerprint density at radius 3 is 2.57 bits per heavy atom. The smallest absolute Gasteiger partial charge is 0.410 e. The van der Waals surface area contributed by atoms with Crippen molar-refractivity contribution in [2.24, 2.45) is 0 Å². The molecule has 116 valence electrons. The molecule has 1 aliphatic rings. The van der Waals surface area contributed by atoms with Crippen molar-refractivity contribution >= 4 is 23.2 Å². The summed E-state index contributed by atoms with van der Waals surface area (Å²) in [6.45, 7) is 8.45. The molecule has 0 unspecified atom stereocenters. The van der Waals surface area contributed by atoms with Gasteiger partial charge in [-0.15, -0.1) is 11.3 Å². The van der Waals surface area contributed by atoms with E-state index in [1.165, 1.54) is 4.88 Å². The molecule has 0 radical (unpaired) electrons. The minimum atomic E-state index is -0.471. The van der Waals surface area contributed by atoms with Gasteiger partial charge < -0.3 is 9.64 Å². The van der Waals surface area contributed by atoms with Crippen molar-refractivity contribution in [3.63, 3.8) is 0 Å². The fourth-order valence-corrected chi connectivity index (χ4v) is 3.39. The number of hydrogen-bond acceptors (Lipinski definition) is 5. The second-order valence-electron chi connectivity index (χ2n) is 6.32. The fourth-order valence-electron chi connectivity index (χ4n) is 2.21. The number of hydrogen-bond donors (Lipinski definition) is 0. The third-order valence-electron chi connectivity index (χ3n) is 3.10. The molecule has 6 heteroatoms. The van der Waals surface area contributed by atoms with Crippen molar-refractivity contribution in [1.29, 1.82) is 0 Å². The number of ketones is 1. The van der Waals surface area contributed by atoms with E-state index in [0.717, 1.165) is 23.5 Å². The lowest BCUT2D eigenvalue weighted by molar-refractivity contribution is -0.116. The number of rotatable bonds is 2. The van der Waals surface area contributed by atoms with Gasteiger partial charge in [-0.25, -0.2) is 9.78 Å². The number of Topliss-reactive ketones (excluding diaryl/α,β-unsaturated/α-hetero) is 1. The zero-order chi connectivity index (χ0) is 15.6. The average molecular weight is 310 g/mol. The maximum absolute atomic E-state index is 12.1. The maximum Gasteiger partial charge on any atom is 0.410 e. The van der Waals surface area contributed by atoms with Crippen LogP contribution in [0.15, 0.2) is 0 Å². The van der Waals surface area contributed by atoms with Crippen molar-refractivity contribution in [3.05, 3.63) is 15.6 Å². The number of carbonyl (C=O) groups is 2. The van der Waals surface area contributed by atoms with E-state index >= 15 is 0 Å². The molecule has 0 fully saturated rings. The Labute approximate surface area is 129 Å². The summed E-state index contributed by atoms with van der Waals surface area (Å²) in [6.07, 6.45) is 1.65. The van der Waals surface area contributed by atoms with Crippen LogP contribution in [-0.2, 0) is 28.8 Å². The van der Waals surface area contributed by atoms with E-state index in [0.29, 0.717) is 19.5 Å². The maximum atomic E-state index is 12.1. The molecular formula is C15H22N2O3S. The van der Waals surface area contributed by atoms with Crippen LogP contribution in [0.2, 0.25) is 0 Å². The summed E-state index contributed by atoms with van der Waals surface area (Å²) in [4.78, 5) is 30.7. The van der Waals surface area contributed by atoms with Gasteiger partial charge in [0.05, 0.1) is 12.1 Å². The van der Waals surface area contributed by atoms with Crippen LogP contribution in [0.4, 0.5) is 4.79 Å². The van der Waals surface area contributed by atoms with Crippen molar-refractivity contribution < 1.29 is 14.3 Å². The number of amides is 1. The molecule has 0 saturated heterocycles. The lowest BCUT2D eigenvalue weighted by Crippen LogP contribution is -2.38. The van der Waals surface area contributed by atoms with Crippen LogP contribution in [0, 0.1) is 0 Å². The highest BCUT2D eigenvalue weighted by molar-refractivity contribution is 7.11. The molecule has 0 spiro atoms. The summed E-state index contributed by atoms with van der Waals surface area (Å²) in [5, 5.41) is 0.887.